The van der Waals surface area contributed by atoms with Crippen LogP contribution in [-0.2, 0) is 6.54 Å². The zero-order chi connectivity index (χ0) is 17.5. The second kappa shape index (κ2) is 9.97. The van der Waals surface area contributed by atoms with Crippen LogP contribution < -0.4 is 11.1 Å². The van der Waals surface area contributed by atoms with E-state index in [1.54, 1.807) is 18.2 Å². The van der Waals surface area contributed by atoms with Crippen LogP contribution in [0.25, 0.3) is 0 Å². The summed E-state index contributed by atoms with van der Waals surface area (Å²) >= 11 is 0. The molecule has 0 saturated carbocycles. The van der Waals surface area contributed by atoms with Crippen molar-refractivity contribution in [1.82, 2.24) is 0 Å². The zero-order valence-electron chi connectivity index (χ0n) is 14.3. The summed E-state index contributed by atoms with van der Waals surface area (Å²) in [6.45, 7) is 4.50. The third-order valence-corrected chi connectivity index (χ3v) is 3.97. The van der Waals surface area contributed by atoms with Gasteiger partial charge < -0.3 is 11.1 Å². The van der Waals surface area contributed by atoms with Crippen molar-refractivity contribution >= 4 is 41.3 Å². The molecule has 0 fully saturated rings. The number of hydrogen-bond donors (Lipinski definition) is 2. The number of benzene rings is 2. The van der Waals surface area contributed by atoms with E-state index in [1.165, 1.54) is 11.6 Å². The highest BCUT2D eigenvalue weighted by Gasteiger charge is 2.11. The monoisotopic (exact) mass is 454 g/mol. The zero-order valence-corrected chi connectivity index (χ0v) is 16.6. The summed E-state index contributed by atoms with van der Waals surface area (Å²) in [5.74, 6) is 0.744. The van der Waals surface area contributed by atoms with Crippen LogP contribution in [0.4, 0.5) is 11.4 Å². The summed E-state index contributed by atoms with van der Waals surface area (Å²) in [6.07, 6.45) is 1.09. The Morgan fingerprint density at radius 2 is 1.88 bits per heavy atom. The molecule has 0 heterocycles. The first-order chi connectivity index (χ1) is 11.5. The number of halogens is 1. The quantitative estimate of drug-likeness (QED) is 0.218. The van der Waals surface area contributed by atoms with Gasteiger partial charge in [-0.25, -0.2) is 4.99 Å². The number of hydrogen-bond acceptors (Lipinski definition) is 3. The van der Waals surface area contributed by atoms with Crippen molar-refractivity contribution in [1.29, 1.82) is 0 Å². The molecule has 1 unspecified atom stereocenters. The highest BCUT2D eigenvalue weighted by atomic mass is 127. The van der Waals surface area contributed by atoms with Crippen LogP contribution in [0.2, 0.25) is 0 Å². The predicted molar refractivity (Wildman–Crippen MR) is 113 cm³/mol. The lowest BCUT2D eigenvalue weighted by atomic mass is 9.99. The minimum absolute atomic E-state index is 0. The van der Waals surface area contributed by atoms with Crippen LogP contribution >= 0.6 is 24.0 Å². The van der Waals surface area contributed by atoms with Gasteiger partial charge in [0.05, 0.1) is 17.0 Å². The number of para-hydroxylation sites is 1. The lowest BCUT2D eigenvalue weighted by Gasteiger charge is -2.10. The molecule has 0 aliphatic carbocycles. The Morgan fingerprint density at radius 1 is 1.24 bits per heavy atom. The molecule has 0 saturated heterocycles. The van der Waals surface area contributed by atoms with Crippen molar-refractivity contribution in [2.75, 3.05) is 5.32 Å². The highest BCUT2D eigenvalue weighted by Crippen LogP contribution is 2.21. The number of rotatable bonds is 6. The third kappa shape index (κ3) is 6.00. The molecule has 0 aromatic heterocycles. The van der Waals surface area contributed by atoms with Gasteiger partial charge in [-0.3, -0.25) is 10.1 Å². The Labute approximate surface area is 164 Å². The van der Waals surface area contributed by atoms with Crippen molar-refractivity contribution in [3.63, 3.8) is 0 Å². The molecule has 6 nitrogen and oxygen atoms in total. The fraction of sp³-hybridized carbons (Fsp3) is 0.278. The molecule has 0 aliphatic rings. The molecule has 0 bridgehead atoms. The number of aliphatic imine (C=N–C) groups is 1. The number of nitrogens with two attached hydrogens (primary N) is 1. The fourth-order valence-corrected chi connectivity index (χ4v) is 2.31. The van der Waals surface area contributed by atoms with Crippen molar-refractivity contribution < 1.29 is 4.92 Å². The van der Waals surface area contributed by atoms with Crippen LogP contribution in [0, 0.1) is 10.1 Å². The lowest BCUT2D eigenvalue weighted by Crippen LogP contribution is -2.22. The van der Waals surface area contributed by atoms with E-state index in [4.69, 9.17) is 5.73 Å². The highest BCUT2D eigenvalue weighted by molar-refractivity contribution is 14.0. The van der Waals surface area contributed by atoms with E-state index < -0.39 is 4.92 Å². The second-order valence-electron chi connectivity index (χ2n) is 5.64. The Hall–Kier alpha value is -2.16. The van der Waals surface area contributed by atoms with Crippen molar-refractivity contribution in [3.05, 3.63) is 69.8 Å². The maximum atomic E-state index is 11.0. The molecular weight excluding hydrogens is 431 g/mol. The molecular formula is C18H23IN4O2. The Morgan fingerprint density at radius 3 is 2.48 bits per heavy atom. The topological polar surface area (TPSA) is 93.5 Å². The first-order valence-corrected chi connectivity index (χ1v) is 7.90. The van der Waals surface area contributed by atoms with Gasteiger partial charge in [-0.2, -0.15) is 0 Å². The minimum Gasteiger partial charge on any atom is -0.370 e. The number of anilines is 1. The molecule has 3 N–H and O–H groups in total. The maximum absolute atomic E-state index is 11.0. The van der Waals surface area contributed by atoms with Gasteiger partial charge in [-0.15, -0.1) is 24.0 Å². The van der Waals surface area contributed by atoms with Crippen molar-refractivity contribution in [3.8, 4) is 0 Å². The van der Waals surface area contributed by atoms with Crippen LogP contribution in [-0.4, -0.2) is 10.9 Å². The standard InChI is InChI=1S/C18H22N4O2.HI/c1-3-13(2)14-8-10-16(11-9-14)21-18(19)20-12-15-6-4-5-7-17(15)22(23)24;/h4-11,13H,3,12H2,1-2H3,(H3,19,20,21);1H. The first kappa shape index (κ1) is 20.9. The summed E-state index contributed by atoms with van der Waals surface area (Å²) in [5, 5.41) is 14.0. The molecule has 0 spiro atoms. The molecule has 7 heteroatoms. The predicted octanol–water partition coefficient (Wildman–Crippen LogP) is 4.65. The van der Waals surface area contributed by atoms with Gasteiger partial charge in [-0.05, 0) is 30.0 Å². The molecule has 1 atom stereocenters. The van der Waals surface area contributed by atoms with E-state index in [0.29, 0.717) is 11.5 Å². The number of nitrogens with zero attached hydrogens (tertiary/aromatic N) is 2. The molecule has 0 aliphatic heterocycles. The normalized spacial score (nSPS) is 12.2. The number of guanidine groups is 1. The number of nitrogens with one attached hydrogen (secondary N) is 1. The lowest BCUT2D eigenvalue weighted by molar-refractivity contribution is -0.385. The average Bonchev–Trinajstić information content (AvgIpc) is 2.60. The van der Waals surface area contributed by atoms with E-state index in [0.717, 1.165) is 12.1 Å². The summed E-state index contributed by atoms with van der Waals surface area (Å²) in [5.41, 5.74) is 8.56. The number of nitro groups is 1. The molecule has 0 amide bonds. The van der Waals surface area contributed by atoms with E-state index in [-0.39, 0.29) is 42.2 Å². The Bertz CT molecular complexity index is 732. The molecule has 0 radical (unpaired) electrons. The average molecular weight is 454 g/mol. The molecule has 2 aromatic carbocycles. The molecule has 134 valence electrons. The smallest absolute Gasteiger partial charge is 0.274 e. The maximum Gasteiger partial charge on any atom is 0.274 e. The van der Waals surface area contributed by atoms with Crippen LogP contribution in [0.15, 0.2) is 53.5 Å². The summed E-state index contributed by atoms with van der Waals surface area (Å²) in [7, 11) is 0. The summed E-state index contributed by atoms with van der Waals surface area (Å²) in [4.78, 5) is 14.8. The van der Waals surface area contributed by atoms with Crippen LogP contribution in [0.5, 0.6) is 0 Å². The van der Waals surface area contributed by atoms with E-state index in [1.807, 2.05) is 12.1 Å². The van der Waals surface area contributed by atoms with E-state index in [9.17, 15) is 10.1 Å². The van der Waals surface area contributed by atoms with Gasteiger partial charge in [0.1, 0.15) is 0 Å². The summed E-state index contributed by atoms with van der Waals surface area (Å²) in [6, 6.07) is 14.5. The Kier molecular flexibility index (Phi) is 8.33. The first-order valence-electron chi connectivity index (χ1n) is 7.90. The van der Waals surface area contributed by atoms with E-state index >= 15 is 0 Å². The van der Waals surface area contributed by atoms with Gasteiger partial charge in [0.15, 0.2) is 5.96 Å². The van der Waals surface area contributed by atoms with Gasteiger partial charge in [0.2, 0.25) is 0 Å². The van der Waals surface area contributed by atoms with Gasteiger partial charge in [0, 0.05) is 11.8 Å². The minimum atomic E-state index is -0.415. The molecule has 2 rings (SSSR count). The van der Waals surface area contributed by atoms with Crippen molar-refractivity contribution in [2.24, 2.45) is 10.7 Å². The fourth-order valence-electron chi connectivity index (χ4n) is 2.31. The van der Waals surface area contributed by atoms with Crippen LogP contribution in [0.1, 0.15) is 37.3 Å². The molecule has 25 heavy (non-hydrogen) atoms. The SMILES string of the molecule is CCC(C)c1ccc(NC(N)=NCc2ccccc2[N+](=O)[O-])cc1.I. The van der Waals surface area contributed by atoms with Gasteiger partial charge in [0.25, 0.3) is 5.69 Å². The number of nitro benzene ring substituents is 1. The molecule has 2 aromatic rings. The van der Waals surface area contributed by atoms with E-state index in [2.05, 4.69) is 36.3 Å². The van der Waals surface area contributed by atoms with Crippen LogP contribution in [0.3, 0.4) is 0 Å². The largest absolute Gasteiger partial charge is 0.370 e. The van der Waals surface area contributed by atoms with Crippen molar-refractivity contribution in [2.45, 2.75) is 32.7 Å². The third-order valence-electron chi connectivity index (χ3n) is 3.97. The van der Waals surface area contributed by atoms with Gasteiger partial charge in [-0.1, -0.05) is 44.2 Å². The van der Waals surface area contributed by atoms with Gasteiger partial charge >= 0.3 is 0 Å². The second-order valence-corrected chi connectivity index (χ2v) is 5.64. The summed E-state index contributed by atoms with van der Waals surface area (Å²) < 4.78 is 0. The Balaban J connectivity index is 0.00000312.